The fourth-order valence-corrected chi connectivity index (χ4v) is 3.20. The molecule has 0 aromatic heterocycles. The number of nitrogens with one attached hydrogen (secondary N) is 1. The van der Waals surface area contributed by atoms with Gasteiger partial charge in [-0.3, -0.25) is 4.79 Å². The zero-order valence-electron chi connectivity index (χ0n) is 15.4. The highest BCUT2D eigenvalue weighted by Gasteiger charge is 2.35. The lowest BCUT2D eigenvalue weighted by atomic mass is 9.79. The van der Waals surface area contributed by atoms with Crippen LogP contribution in [0.2, 0.25) is 0 Å². The van der Waals surface area contributed by atoms with Gasteiger partial charge in [-0.05, 0) is 52.3 Å². The van der Waals surface area contributed by atoms with Crippen molar-refractivity contribution in [3.8, 4) is 5.75 Å². The topological polar surface area (TPSA) is 64.6 Å². The molecule has 1 aromatic rings. The highest BCUT2D eigenvalue weighted by Crippen LogP contribution is 2.39. The van der Waals surface area contributed by atoms with Crippen molar-refractivity contribution in [2.24, 2.45) is 0 Å². The van der Waals surface area contributed by atoms with E-state index in [0.717, 1.165) is 17.0 Å². The van der Waals surface area contributed by atoms with Gasteiger partial charge in [0.1, 0.15) is 5.75 Å². The van der Waals surface area contributed by atoms with Crippen LogP contribution >= 0.6 is 0 Å². The van der Waals surface area contributed by atoms with E-state index in [2.05, 4.69) is 5.32 Å². The molecule has 25 heavy (non-hydrogen) atoms. The molecule has 134 valence electrons. The molecule has 2 rings (SSSR count). The first-order valence-electron chi connectivity index (χ1n) is 8.50. The summed E-state index contributed by atoms with van der Waals surface area (Å²) in [5.74, 6) is -0.173. The van der Waals surface area contributed by atoms with Crippen LogP contribution in [-0.2, 0) is 14.3 Å². The van der Waals surface area contributed by atoms with Crippen LogP contribution in [-0.4, -0.2) is 25.0 Å². The minimum atomic E-state index is -0.450. The standard InChI is InChI=1S/C20H25NO4/c1-6-24-16-10-8-15(9-11-16)19-17(14(5)22)12(3)21-13(4)18(19)20(23)25-7-2/h8-11,19,21H,6-7H2,1-5H3. The molecule has 0 aliphatic carbocycles. The molecule has 1 aliphatic heterocycles. The largest absolute Gasteiger partial charge is 0.494 e. The van der Waals surface area contributed by atoms with Gasteiger partial charge in [-0.1, -0.05) is 12.1 Å². The van der Waals surface area contributed by atoms with Gasteiger partial charge in [0.15, 0.2) is 5.78 Å². The van der Waals surface area contributed by atoms with Gasteiger partial charge in [-0.2, -0.15) is 0 Å². The third-order valence-corrected chi connectivity index (χ3v) is 4.16. The number of rotatable bonds is 6. The van der Waals surface area contributed by atoms with Crippen molar-refractivity contribution in [2.45, 2.75) is 40.5 Å². The van der Waals surface area contributed by atoms with Crippen LogP contribution in [0, 0.1) is 0 Å². The number of hydrogen-bond acceptors (Lipinski definition) is 5. The van der Waals surface area contributed by atoms with Gasteiger partial charge >= 0.3 is 5.97 Å². The predicted molar refractivity (Wildman–Crippen MR) is 96.2 cm³/mol. The van der Waals surface area contributed by atoms with Crippen LogP contribution < -0.4 is 10.1 Å². The Morgan fingerprint density at radius 2 is 1.60 bits per heavy atom. The van der Waals surface area contributed by atoms with Crippen molar-refractivity contribution < 1.29 is 19.1 Å². The molecule has 1 N–H and O–H groups in total. The van der Waals surface area contributed by atoms with Crippen LogP contribution in [0.1, 0.15) is 46.1 Å². The van der Waals surface area contributed by atoms with E-state index in [0.29, 0.717) is 23.5 Å². The minimum absolute atomic E-state index is 0.0711. The van der Waals surface area contributed by atoms with E-state index in [4.69, 9.17) is 9.47 Å². The first-order chi connectivity index (χ1) is 11.9. The number of carbonyl (C=O) groups excluding carboxylic acids is 2. The minimum Gasteiger partial charge on any atom is -0.494 e. The Hall–Kier alpha value is -2.56. The van der Waals surface area contributed by atoms with Gasteiger partial charge in [-0.25, -0.2) is 4.79 Å². The SMILES string of the molecule is CCOC(=O)C1=C(C)NC(C)=C(C(C)=O)C1c1ccc(OCC)cc1. The molecule has 1 atom stereocenters. The Labute approximate surface area is 148 Å². The molecule has 0 saturated heterocycles. The number of Topliss-reactive ketones (excluding diaryl/α,β-unsaturated/α-hetero) is 1. The molecular weight excluding hydrogens is 318 g/mol. The Bertz CT molecular complexity index is 729. The molecule has 1 aliphatic rings. The highest BCUT2D eigenvalue weighted by atomic mass is 16.5. The number of ketones is 1. The fourth-order valence-electron chi connectivity index (χ4n) is 3.20. The van der Waals surface area contributed by atoms with E-state index < -0.39 is 11.9 Å². The molecule has 1 aromatic carbocycles. The van der Waals surface area contributed by atoms with Gasteiger partial charge < -0.3 is 14.8 Å². The van der Waals surface area contributed by atoms with Crippen LogP contribution in [0.5, 0.6) is 5.75 Å². The van der Waals surface area contributed by atoms with Crippen molar-refractivity contribution in [2.75, 3.05) is 13.2 Å². The molecule has 5 heteroatoms. The Morgan fingerprint density at radius 3 is 2.12 bits per heavy atom. The number of ether oxygens (including phenoxy) is 2. The first-order valence-corrected chi connectivity index (χ1v) is 8.50. The maximum absolute atomic E-state index is 12.6. The molecule has 0 fully saturated rings. The van der Waals surface area contributed by atoms with Gasteiger partial charge in [0.05, 0.1) is 18.8 Å². The molecule has 0 spiro atoms. The number of carbonyl (C=O) groups is 2. The Balaban J connectivity index is 2.56. The van der Waals surface area contributed by atoms with Gasteiger partial charge in [0, 0.05) is 22.9 Å². The maximum Gasteiger partial charge on any atom is 0.336 e. The summed E-state index contributed by atoms with van der Waals surface area (Å²) in [6.07, 6.45) is 0. The van der Waals surface area contributed by atoms with Crippen molar-refractivity contribution >= 4 is 11.8 Å². The van der Waals surface area contributed by atoms with Gasteiger partial charge in [0.2, 0.25) is 0 Å². The summed E-state index contributed by atoms with van der Waals surface area (Å²) < 4.78 is 10.7. The third-order valence-electron chi connectivity index (χ3n) is 4.16. The molecule has 0 radical (unpaired) electrons. The second-order valence-corrected chi connectivity index (χ2v) is 5.91. The number of allylic oxidation sites excluding steroid dienone is 3. The first kappa shape index (κ1) is 18.8. The second kappa shape index (κ2) is 8.01. The van der Waals surface area contributed by atoms with Crippen molar-refractivity contribution in [3.63, 3.8) is 0 Å². The van der Waals surface area contributed by atoms with E-state index in [1.54, 1.807) is 6.92 Å². The Morgan fingerprint density at radius 1 is 1.00 bits per heavy atom. The number of dihydropyridines is 1. The fraction of sp³-hybridized carbons (Fsp3) is 0.400. The van der Waals surface area contributed by atoms with E-state index >= 15 is 0 Å². The lowest BCUT2D eigenvalue weighted by molar-refractivity contribution is -0.138. The number of hydrogen-bond donors (Lipinski definition) is 1. The molecule has 0 saturated carbocycles. The third kappa shape index (κ3) is 3.92. The summed E-state index contributed by atoms with van der Waals surface area (Å²) in [5, 5.41) is 3.14. The predicted octanol–water partition coefficient (Wildman–Crippen LogP) is 3.47. The van der Waals surface area contributed by atoms with E-state index in [1.807, 2.05) is 45.0 Å². The normalized spacial score (nSPS) is 17.2. The lowest BCUT2D eigenvalue weighted by Gasteiger charge is -2.30. The molecule has 5 nitrogen and oxygen atoms in total. The second-order valence-electron chi connectivity index (χ2n) is 5.91. The smallest absolute Gasteiger partial charge is 0.336 e. The zero-order valence-corrected chi connectivity index (χ0v) is 15.4. The van der Waals surface area contributed by atoms with Gasteiger partial charge in [-0.15, -0.1) is 0 Å². The molecule has 1 unspecified atom stereocenters. The van der Waals surface area contributed by atoms with E-state index in [9.17, 15) is 9.59 Å². The maximum atomic E-state index is 12.6. The summed E-state index contributed by atoms with van der Waals surface area (Å²) in [4.78, 5) is 24.9. The van der Waals surface area contributed by atoms with Crippen LogP contribution in [0.4, 0.5) is 0 Å². The Kier molecular flexibility index (Phi) is 6.02. The number of esters is 1. The molecule has 0 bridgehead atoms. The number of benzene rings is 1. The van der Waals surface area contributed by atoms with Crippen molar-refractivity contribution in [1.82, 2.24) is 5.32 Å². The summed E-state index contributed by atoms with van der Waals surface area (Å²) in [5.41, 5.74) is 3.38. The van der Waals surface area contributed by atoms with Crippen molar-refractivity contribution in [1.29, 1.82) is 0 Å². The zero-order chi connectivity index (χ0) is 18.6. The quantitative estimate of drug-likeness (QED) is 0.801. The average molecular weight is 343 g/mol. The van der Waals surface area contributed by atoms with Crippen molar-refractivity contribution in [3.05, 3.63) is 52.4 Å². The summed E-state index contributed by atoms with van der Waals surface area (Å²) in [6, 6.07) is 7.49. The molecule has 0 amide bonds. The van der Waals surface area contributed by atoms with E-state index in [1.165, 1.54) is 6.92 Å². The summed E-state index contributed by atoms with van der Waals surface area (Å²) >= 11 is 0. The van der Waals surface area contributed by atoms with Gasteiger partial charge in [0.25, 0.3) is 0 Å². The van der Waals surface area contributed by atoms with E-state index in [-0.39, 0.29) is 12.4 Å². The molecular formula is C20H25NO4. The summed E-state index contributed by atoms with van der Waals surface area (Å²) in [6.45, 7) is 9.75. The monoisotopic (exact) mass is 343 g/mol. The lowest BCUT2D eigenvalue weighted by Crippen LogP contribution is -2.31. The highest BCUT2D eigenvalue weighted by molar-refractivity contribution is 6.02. The average Bonchev–Trinajstić information content (AvgIpc) is 2.55. The van der Waals surface area contributed by atoms with Crippen LogP contribution in [0.15, 0.2) is 46.8 Å². The van der Waals surface area contributed by atoms with Crippen LogP contribution in [0.25, 0.3) is 0 Å². The summed E-state index contributed by atoms with van der Waals surface area (Å²) in [7, 11) is 0. The molecule has 1 heterocycles. The van der Waals surface area contributed by atoms with Crippen LogP contribution in [0.3, 0.4) is 0 Å².